The van der Waals surface area contributed by atoms with E-state index in [2.05, 4.69) is 51.4 Å². The van der Waals surface area contributed by atoms with Crippen molar-refractivity contribution >= 4 is 46.1 Å². The zero-order valence-corrected chi connectivity index (χ0v) is 29.1. The van der Waals surface area contributed by atoms with E-state index in [9.17, 15) is 14.4 Å². The highest BCUT2D eigenvalue weighted by Crippen LogP contribution is 2.48. The molecule has 2 amide bonds. The van der Waals surface area contributed by atoms with Gasteiger partial charge in [-0.15, -0.1) is 0 Å². The number of hydrogen-bond donors (Lipinski definition) is 3. The van der Waals surface area contributed by atoms with Crippen LogP contribution < -0.4 is 20.3 Å². The average molecular weight is 675 g/mol. The maximum atomic E-state index is 14.0. The first-order chi connectivity index (χ1) is 24.1. The number of carbonyl (C=O) groups excluding carboxylic acids is 2. The minimum atomic E-state index is -1.02. The Morgan fingerprint density at radius 3 is 2.38 bits per heavy atom. The van der Waals surface area contributed by atoms with Gasteiger partial charge in [0.1, 0.15) is 11.3 Å². The summed E-state index contributed by atoms with van der Waals surface area (Å²) in [5.41, 5.74) is 6.89. The number of fused-ring (bicyclic) bond motifs is 5. The lowest BCUT2D eigenvalue weighted by atomic mass is 9.75. The molecule has 2 saturated carbocycles. The first-order valence-electron chi connectivity index (χ1n) is 18.0. The van der Waals surface area contributed by atoms with Crippen molar-refractivity contribution < 1.29 is 24.2 Å². The molecule has 0 bridgehead atoms. The summed E-state index contributed by atoms with van der Waals surface area (Å²) in [5, 5.41) is 16.2. The summed E-state index contributed by atoms with van der Waals surface area (Å²) in [6.45, 7) is 5.69. The number of anilines is 2. The number of likely N-dealkylation sites (N-methyl/N-ethyl adjacent to an activating group) is 1. The van der Waals surface area contributed by atoms with Gasteiger partial charge in [-0.05, 0) is 105 Å². The Balaban J connectivity index is 1.21. The van der Waals surface area contributed by atoms with Gasteiger partial charge in [-0.3, -0.25) is 9.59 Å². The molecule has 2 heterocycles. The third-order valence-electron chi connectivity index (χ3n) is 10.6. The van der Waals surface area contributed by atoms with Crippen LogP contribution >= 0.6 is 0 Å². The second-order valence-corrected chi connectivity index (χ2v) is 14.4. The largest absolute Gasteiger partial charge is 0.491 e. The monoisotopic (exact) mass is 674 g/mol. The molecule has 260 valence electrons. The first-order valence-corrected chi connectivity index (χ1v) is 18.0. The number of ether oxygens (including phenoxy) is 1. The van der Waals surface area contributed by atoms with Gasteiger partial charge in [0.25, 0.3) is 5.91 Å². The molecule has 3 aromatic carbocycles. The maximum Gasteiger partial charge on any atom is 0.328 e. The molecule has 3 aliphatic rings. The number of nitrogens with zero attached hydrogens (tertiary/aromatic N) is 2. The van der Waals surface area contributed by atoms with Gasteiger partial charge in [-0.2, -0.15) is 0 Å². The summed E-state index contributed by atoms with van der Waals surface area (Å²) in [4.78, 5) is 40.7. The first kappa shape index (κ1) is 33.4. The number of aromatic nitrogens is 1. The van der Waals surface area contributed by atoms with E-state index >= 15 is 0 Å². The molecule has 0 saturated heterocycles. The fraction of sp³-hybridized carbons (Fsp3) is 0.390. The third kappa shape index (κ3) is 6.49. The molecule has 1 aliphatic heterocycles. The summed E-state index contributed by atoms with van der Waals surface area (Å²) in [7, 11) is 2.14. The van der Waals surface area contributed by atoms with E-state index in [1.807, 2.05) is 26.0 Å². The van der Waals surface area contributed by atoms with E-state index in [0.717, 1.165) is 55.4 Å². The van der Waals surface area contributed by atoms with Crippen LogP contribution in [0.25, 0.3) is 28.2 Å². The standard InChI is InChI=1S/C41H46N4O5/c1-26(2)50-31-16-18-33-34(25-31)44(3)22-23-45-35-24-29(13-17-32(35)37(38(33)45)28-8-5-4-6-9-28)39(48)43-41(20-7-21-41)40(49)42-30-14-10-27(11-15-30)12-19-36(46)47/h10-19,24-26,28H,4-9,20-23H2,1-3H3,(H,42,49)(H,43,48)(H,46,47)/b19-12+. The Morgan fingerprint density at radius 2 is 1.70 bits per heavy atom. The molecule has 3 N–H and O–H groups in total. The van der Waals surface area contributed by atoms with Crippen LogP contribution in [0.1, 0.15) is 92.6 Å². The van der Waals surface area contributed by atoms with E-state index in [1.165, 1.54) is 47.5 Å². The zero-order valence-electron chi connectivity index (χ0n) is 29.1. The summed E-state index contributed by atoms with van der Waals surface area (Å²) in [5.74, 6) is -0.206. The van der Waals surface area contributed by atoms with Crippen molar-refractivity contribution in [2.45, 2.75) is 89.3 Å². The van der Waals surface area contributed by atoms with Gasteiger partial charge < -0.3 is 29.9 Å². The highest BCUT2D eigenvalue weighted by molar-refractivity contribution is 6.06. The molecule has 0 unspecified atom stereocenters. The van der Waals surface area contributed by atoms with Gasteiger partial charge in [0.2, 0.25) is 5.91 Å². The second kappa shape index (κ2) is 13.7. The van der Waals surface area contributed by atoms with E-state index in [4.69, 9.17) is 9.84 Å². The molecular weight excluding hydrogens is 628 g/mol. The molecule has 1 aromatic heterocycles. The topological polar surface area (TPSA) is 113 Å². The van der Waals surface area contributed by atoms with Crippen LogP contribution in [0.2, 0.25) is 0 Å². The molecule has 0 atom stereocenters. The molecule has 9 nitrogen and oxygen atoms in total. The van der Waals surface area contributed by atoms with Gasteiger partial charge in [-0.25, -0.2) is 4.79 Å². The van der Waals surface area contributed by atoms with Gasteiger partial charge in [0.05, 0.1) is 11.8 Å². The fourth-order valence-electron chi connectivity index (χ4n) is 7.91. The molecule has 2 aliphatic carbocycles. The average Bonchev–Trinajstić information content (AvgIpc) is 3.34. The number of carboxylic acid groups (broad SMARTS) is 1. The maximum absolute atomic E-state index is 14.0. The highest BCUT2D eigenvalue weighted by atomic mass is 16.5. The number of carboxylic acids is 1. The van der Waals surface area contributed by atoms with Gasteiger partial charge in [0, 0.05) is 65.7 Å². The van der Waals surface area contributed by atoms with Crippen molar-refractivity contribution in [2.75, 3.05) is 23.8 Å². The number of carbonyl (C=O) groups is 3. The Kier molecular flexibility index (Phi) is 9.16. The van der Waals surface area contributed by atoms with Crippen molar-refractivity contribution in [3.05, 3.63) is 83.4 Å². The van der Waals surface area contributed by atoms with Crippen LogP contribution in [0.4, 0.5) is 11.4 Å². The number of aliphatic carboxylic acids is 1. The minimum absolute atomic E-state index is 0.0872. The molecule has 0 radical (unpaired) electrons. The van der Waals surface area contributed by atoms with E-state index < -0.39 is 11.5 Å². The second-order valence-electron chi connectivity index (χ2n) is 14.4. The van der Waals surface area contributed by atoms with Crippen molar-refractivity contribution in [3.8, 4) is 17.0 Å². The predicted octanol–water partition coefficient (Wildman–Crippen LogP) is 7.98. The summed E-state index contributed by atoms with van der Waals surface area (Å²) >= 11 is 0. The fourth-order valence-corrected chi connectivity index (χ4v) is 7.91. The van der Waals surface area contributed by atoms with Crippen LogP contribution in [-0.2, 0) is 16.1 Å². The molecule has 0 spiro atoms. The van der Waals surface area contributed by atoms with Crippen LogP contribution in [0.3, 0.4) is 0 Å². The molecule has 9 heteroatoms. The Morgan fingerprint density at radius 1 is 0.940 bits per heavy atom. The van der Waals surface area contributed by atoms with E-state index in [0.29, 0.717) is 35.6 Å². The normalized spacial score (nSPS) is 17.2. The SMILES string of the molecule is CC(C)Oc1ccc2c(c1)N(C)CCn1c-2c(C2CCCCC2)c2ccc(C(=O)NC3(C(=O)Nc4ccc(/C=C/C(=O)O)cc4)CCC3)cc21. The number of amides is 2. The van der Waals surface area contributed by atoms with Crippen LogP contribution in [0, 0.1) is 0 Å². The lowest BCUT2D eigenvalue weighted by molar-refractivity contribution is -0.131. The summed E-state index contributed by atoms with van der Waals surface area (Å²) in [6, 6.07) is 19.5. The Hall–Kier alpha value is -5.05. The number of rotatable bonds is 9. The van der Waals surface area contributed by atoms with Crippen molar-refractivity contribution in [1.82, 2.24) is 9.88 Å². The van der Waals surface area contributed by atoms with E-state index in [-0.39, 0.29) is 17.9 Å². The molecule has 50 heavy (non-hydrogen) atoms. The Labute approximate surface area is 293 Å². The minimum Gasteiger partial charge on any atom is -0.491 e. The van der Waals surface area contributed by atoms with Gasteiger partial charge >= 0.3 is 5.97 Å². The van der Waals surface area contributed by atoms with Crippen LogP contribution in [0.15, 0.2) is 66.7 Å². The lowest BCUT2D eigenvalue weighted by Crippen LogP contribution is -2.61. The molecule has 2 fully saturated rings. The third-order valence-corrected chi connectivity index (χ3v) is 10.6. The summed E-state index contributed by atoms with van der Waals surface area (Å²) in [6.07, 6.45) is 10.7. The number of benzene rings is 3. The van der Waals surface area contributed by atoms with Gasteiger partial charge in [-0.1, -0.05) is 37.5 Å². The summed E-state index contributed by atoms with van der Waals surface area (Å²) < 4.78 is 8.52. The predicted molar refractivity (Wildman–Crippen MR) is 198 cm³/mol. The highest BCUT2D eigenvalue weighted by Gasteiger charge is 2.45. The van der Waals surface area contributed by atoms with Crippen molar-refractivity contribution in [3.63, 3.8) is 0 Å². The molecule has 4 aromatic rings. The molecular formula is C41H46N4O5. The van der Waals surface area contributed by atoms with E-state index in [1.54, 1.807) is 24.3 Å². The Bertz CT molecular complexity index is 1960. The lowest BCUT2D eigenvalue weighted by Gasteiger charge is -2.40. The quantitative estimate of drug-likeness (QED) is 0.155. The smallest absolute Gasteiger partial charge is 0.328 e. The van der Waals surface area contributed by atoms with Crippen LogP contribution in [0.5, 0.6) is 5.75 Å². The number of hydrogen-bond acceptors (Lipinski definition) is 5. The van der Waals surface area contributed by atoms with Crippen LogP contribution in [-0.4, -0.2) is 52.7 Å². The number of nitrogens with one attached hydrogen (secondary N) is 2. The zero-order chi connectivity index (χ0) is 35.0. The molecule has 7 rings (SSSR count). The van der Waals surface area contributed by atoms with Gasteiger partial charge in [0.15, 0.2) is 0 Å². The van der Waals surface area contributed by atoms with Crippen molar-refractivity contribution in [2.24, 2.45) is 0 Å². The van der Waals surface area contributed by atoms with Crippen molar-refractivity contribution in [1.29, 1.82) is 0 Å².